The highest BCUT2D eigenvalue weighted by Crippen LogP contribution is 2.39. The summed E-state index contributed by atoms with van der Waals surface area (Å²) >= 11 is 0. The summed E-state index contributed by atoms with van der Waals surface area (Å²) in [5.74, 6) is 0.379. The van der Waals surface area contributed by atoms with Gasteiger partial charge in [0.1, 0.15) is 0 Å². The predicted octanol–water partition coefficient (Wildman–Crippen LogP) is 2.05. The second-order valence-electron chi connectivity index (χ2n) is 5.38. The quantitative estimate of drug-likeness (QED) is 0.874. The zero-order valence-electron chi connectivity index (χ0n) is 10.8. The van der Waals surface area contributed by atoms with Crippen LogP contribution in [0.2, 0.25) is 0 Å². The Morgan fingerprint density at radius 3 is 2.52 bits per heavy atom. The lowest BCUT2D eigenvalue weighted by Gasteiger charge is -2.31. The number of nitrogens with zero attached hydrogens (tertiary/aromatic N) is 3. The highest BCUT2D eigenvalue weighted by Gasteiger charge is 2.47. The van der Waals surface area contributed by atoms with Crippen molar-refractivity contribution in [3.63, 3.8) is 0 Å². The Balaban J connectivity index is 1.69. The Kier molecular flexibility index (Phi) is 3.14. The number of likely N-dealkylation sites (tertiary alicyclic amines) is 1. The molecule has 21 heavy (non-hydrogen) atoms. The van der Waals surface area contributed by atoms with Crippen molar-refractivity contribution in [1.29, 1.82) is 0 Å². The number of anilines is 1. The van der Waals surface area contributed by atoms with Gasteiger partial charge in [-0.2, -0.15) is 13.2 Å². The van der Waals surface area contributed by atoms with Gasteiger partial charge in [0.15, 0.2) is 0 Å². The van der Waals surface area contributed by atoms with Crippen molar-refractivity contribution in [3.8, 4) is 0 Å². The topological polar surface area (TPSA) is 78.4 Å². The van der Waals surface area contributed by atoms with Crippen molar-refractivity contribution in [1.82, 2.24) is 14.9 Å². The van der Waals surface area contributed by atoms with Crippen LogP contribution in [0.3, 0.4) is 0 Å². The third-order valence-electron chi connectivity index (χ3n) is 4.02. The van der Waals surface area contributed by atoms with Crippen LogP contribution in [0.1, 0.15) is 18.4 Å². The van der Waals surface area contributed by atoms with Gasteiger partial charge in [0, 0.05) is 25.0 Å². The van der Waals surface area contributed by atoms with E-state index in [2.05, 4.69) is 15.3 Å². The van der Waals surface area contributed by atoms with E-state index < -0.39 is 17.8 Å². The van der Waals surface area contributed by atoms with Crippen molar-refractivity contribution in [2.45, 2.75) is 31.1 Å². The van der Waals surface area contributed by atoms with Gasteiger partial charge >= 0.3 is 12.3 Å². The molecule has 1 saturated carbocycles. The third-order valence-corrected chi connectivity index (χ3v) is 4.02. The highest BCUT2D eigenvalue weighted by molar-refractivity contribution is 5.66. The first-order chi connectivity index (χ1) is 9.84. The molecule has 2 aliphatic rings. The number of rotatable bonds is 2. The van der Waals surface area contributed by atoms with E-state index in [1.54, 1.807) is 0 Å². The first-order valence-corrected chi connectivity index (χ1v) is 6.50. The van der Waals surface area contributed by atoms with Crippen LogP contribution in [0.5, 0.6) is 0 Å². The van der Waals surface area contributed by atoms with E-state index in [1.165, 1.54) is 4.90 Å². The minimum atomic E-state index is -4.47. The monoisotopic (exact) mass is 302 g/mol. The second kappa shape index (κ2) is 4.74. The maximum atomic E-state index is 12.4. The maximum Gasteiger partial charge on any atom is 0.419 e. The number of carbonyl (C=O) groups is 1. The SMILES string of the molecule is O=C(O)N1CC2CC(Nc3ncc(C(F)(F)F)cn3)C1C2. The average molecular weight is 302 g/mol. The fourth-order valence-corrected chi connectivity index (χ4v) is 3.12. The van der Waals surface area contributed by atoms with Crippen molar-refractivity contribution in [2.24, 2.45) is 5.92 Å². The van der Waals surface area contributed by atoms with Gasteiger partial charge < -0.3 is 15.3 Å². The molecule has 2 fully saturated rings. The van der Waals surface area contributed by atoms with Crippen molar-refractivity contribution in [2.75, 3.05) is 11.9 Å². The highest BCUT2D eigenvalue weighted by atomic mass is 19.4. The number of fused-ring (bicyclic) bond motifs is 2. The van der Waals surface area contributed by atoms with Gasteiger partial charge in [0.05, 0.1) is 11.6 Å². The zero-order chi connectivity index (χ0) is 15.2. The molecule has 6 nitrogen and oxygen atoms in total. The molecular weight excluding hydrogens is 289 g/mol. The number of hydrogen-bond donors (Lipinski definition) is 2. The summed E-state index contributed by atoms with van der Waals surface area (Å²) in [6.45, 7) is 0.520. The minimum Gasteiger partial charge on any atom is -0.465 e. The lowest BCUT2D eigenvalue weighted by atomic mass is 10.1. The van der Waals surface area contributed by atoms with E-state index in [0.29, 0.717) is 6.54 Å². The lowest BCUT2D eigenvalue weighted by Crippen LogP contribution is -2.47. The molecule has 0 aromatic carbocycles. The summed E-state index contributed by atoms with van der Waals surface area (Å²) in [6, 6.07) is -0.324. The first kappa shape index (κ1) is 13.9. The third kappa shape index (κ3) is 2.59. The predicted molar refractivity (Wildman–Crippen MR) is 65.7 cm³/mol. The molecule has 114 valence electrons. The fraction of sp³-hybridized carbons (Fsp3) is 0.583. The molecule has 1 amide bonds. The van der Waals surface area contributed by atoms with Gasteiger partial charge in [-0.25, -0.2) is 14.8 Å². The van der Waals surface area contributed by atoms with E-state index >= 15 is 0 Å². The van der Waals surface area contributed by atoms with Crippen LogP contribution in [0.15, 0.2) is 12.4 Å². The Morgan fingerprint density at radius 2 is 2.00 bits per heavy atom. The molecule has 1 aromatic heterocycles. The van der Waals surface area contributed by atoms with Crippen molar-refractivity contribution < 1.29 is 23.1 Å². The molecule has 2 bridgehead atoms. The van der Waals surface area contributed by atoms with E-state index in [4.69, 9.17) is 5.11 Å². The van der Waals surface area contributed by atoms with Crippen LogP contribution in [0.25, 0.3) is 0 Å². The van der Waals surface area contributed by atoms with E-state index in [1.807, 2.05) is 0 Å². The van der Waals surface area contributed by atoms with Gasteiger partial charge in [-0.05, 0) is 18.8 Å². The molecule has 1 aromatic rings. The Morgan fingerprint density at radius 1 is 1.33 bits per heavy atom. The van der Waals surface area contributed by atoms with Gasteiger partial charge in [0.25, 0.3) is 0 Å². The number of aromatic nitrogens is 2. The van der Waals surface area contributed by atoms with Crippen LogP contribution in [0, 0.1) is 5.92 Å². The van der Waals surface area contributed by atoms with Crippen LogP contribution in [-0.4, -0.2) is 44.7 Å². The number of nitrogens with one attached hydrogen (secondary N) is 1. The molecule has 1 aliphatic carbocycles. The molecule has 2 heterocycles. The van der Waals surface area contributed by atoms with Gasteiger partial charge in [-0.3, -0.25) is 0 Å². The van der Waals surface area contributed by atoms with Crippen LogP contribution >= 0.6 is 0 Å². The summed E-state index contributed by atoms with van der Waals surface area (Å²) in [7, 11) is 0. The van der Waals surface area contributed by atoms with Gasteiger partial charge in [-0.15, -0.1) is 0 Å². The summed E-state index contributed by atoms with van der Waals surface area (Å²) in [6.07, 6.45) is -2.45. The molecule has 3 rings (SSSR count). The summed E-state index contributed by atoms with van der Waals surface area (Å²) in [5.41, 5.74) is -0.909. The number of carboxylic acid groups (broad SMARTS) is 1. The van der Waals surface area contributed by atoms with Crippen LogP contribution in [-0.2, 0) is 6.18 Å². The van der Waals surface area contributed by atoms with Gasteiger partial charge in [0.2, 0.25) is 5.95 Å². The maximum absolute atomic E-state index is 12.4. The van der Waals surface area contributed by atoms with E-state index in [9.17, 15) is 18.0 Å². The fourth-order valence-electron chi connectivity index (χ4n) is 3.12. The molecule has 1 saturated heterocycles. The summed E-state index contributed by atoms with van der Waals surface area (Å²) in [5, 5.41) is 12.0. The number of amides is 1. The summed E-state index contributed by atoms with van der Waals surface area (Å²) in [4.78, 5) is 19.8. The van der Waals surface area contributed by atoms with Crippen LogP contribution in [0.4, 0.5) is 23.9 Å². The Hall–Kier alpha value is -2.06. The molecule has 0 spiro atoms. The minimum absolute atomic E-state index is 0.0888. The van der Waals surface area contributed by atoms with Gasteiger partial charge in [-0.1, -0.05) is 0 Å². The number of hydrogen-bond acceptors (Lipinski definition) is 4. The molecular formula is C12H13F3N4O2. The molecule has 2 N–H and O–H groups in total. The molecule has 3 atom stereocenters. The smallest absolute Gasteiger partial charge is 0.419 e. The standard InChI is InChI=1S/C12H13F3N4O2/c13-12(14,15)7-3-16-10(17-4-7)18-8-1-6-2-9(8)19(5-6)11(20)21/h3-4,6,8-9H,1-2,5H2,(H,20,21)(H,16,17,18). The largest absolute Gasteiger partial charge is 0.465 e. The second-order valence-corrected chi connectivity index (χ2v) is 5.38. The normalized spacial score (nSPS) is 28.0. The lowest BCUT2D eigenvalue weighted by molar-refractivity contribution is -0.138. The number of halogens is 3. The van der Waals surface area contributed by atoms with Crippen molar-refractivity contribution in [3.05, 3.63) is 18.0 Å². The van der Waals surface area contributed by atoms with E-state index in [-0.39, 0.29) is 23.9 Å². The Labute approximate surface area is 118 Å². The number of piperidine rings is 1. The molecule has 3 unspecified atom stereocenters. The van der Waals surface area contributed by atoms with Crippen LogP contribution < -0.4 is 5.32 Å². The summed E-state index contributed by atoms with van der Waals surface area (Å²) < 4.78 is 37.2. The molecule has 9 heteroatoms. The Bertz CT molecular complexity index is 548. The number of alkyl halides is 3. The van der Waals surface area contributed by atoms with Crippen molar-refractivity contribution >= 4 is 12.0 Å². The van der Waals surface area contributed by atoms with E-state index in [0.717, 1.165) is 25.2 Å². The first-order valence-electron chi connectivity index (χ1n) is 6.50. The average Bonchev–Trinajstić information content (AvgIpc) is 2.98. The molecule has 0 radical (unpaired) electrons. The zero-order valence-corrected chi connectivity index (χ0v) is 10.8. The molecule has 1 aliphatic heterocycles.